The number of hydrogen-bond acceptors (Lipinski definition) is 7. The van der Waals surface area contributed by atoms with Gasteiger partial charge in [0.05, 0.1) is 19.8 Å². The highest BCUT2D eigenvalue weighted by atomic mass is 16.5. The fraction of sp³-hybridized carbons (Fsp3) is 0.421. The third-order valence-corrected chi connectivity index (χ3v) is 5.00. The van der Waals surface area contributed by atoms with Crippen molar-refractivity contribution >= 4 is 22.9 Å². The van der Waals surface area contributed by atoms with Crippen molar-refractivity contribution in [1.82, 2.24) is 19.9 Å². The SMILES string of the molecule is COc1ccc(CCNc2ncnc3nc(N4CCCC4CO)[nH]c23)cc1. The first kappa shape index (κ1) is 17.5. The largest absolute Gasteiger partial charge is 0.497 e. The average molecular weight is 368 g/mol. The van der Waals surface area contributed by atoms with E-state index in [-0.39, 0.29) is 12.6 Å². The topological polar surface area (TPSA) is 99.2 Å². The van der Waals surface area contributed by atoms with Gasteiger partial charge in [-0.25, -0.2) is 9.97 Å². The van der Waals surface area contributed by atoms with E-state index in [1.807, 2.05) is 12.1 Å². The number of imidazole rings is 1. The lowest BCUT2D eigenvalue weighted by molar-refractivity contribution is 0.265. The van der Waals surface area contributed by atoms with Gasteiger partial charge in [0.15, 0.2) is 11.5 Å². The number of benzene rings is 1. The maximum Gasteiger partial charge on any atom is 0.205 e. The number of aromatic nitrogens is 4. The van der Waals surface area contributed by atoms with Crippen LogP contribution in [0.1, 0.15) is 18.4 Å². The number of rotatable bonds is 7. The fourth-order valence-electron chi connectivity index (χ4n) is 3.51. The summed E-state index contributed by atoms with van der Waals surface area (Å²) in [7, 11) is 1.67. The van der Waals surface area contributed by atoms with E-state index in [0.717, 1.165) is 55.4 Å². The van der Waals surface area contributed by atoms with E-state index >= 15 is 0 Å². The molecule has 1 atom stereocenters. The lowest BCUT2D eigenvalue weighted by atomic mass is 10.1. The fourth-order valence-corrected chi connectivity index (χ4v) is 3.51. The standard InChI is InChI=1S/C19H24N6O2/c1-27-15-6-4-13(5-7-15)8-9-20-17-16-18(22-12-21-17)24-19(23-16)25-10-2-3-14(25)11-26/h4-7,12,14,26H,2-3,8-11H2,1H3,(H2,20,21,22,23,24). The number of fused-ring (bicyclic) bond motifs is 1. The van der Waals surface area contributed by atoms with Gasteiger partial charge in [-0.05, 0) is 37.0 Å². The molecule has 27 heavy (non-hydrogen) atoms. The molecule has 142 valence electrons. The second-order valence-electron chi connectivity index (χ2n) is 6.68. The molecule has 1 saturated heterocycles. The van der Waals surface area contributed by atoms with Gasteiger partial charge in [-0.15, -0.1) is 0 Å². The van der Waals surface area contributed by atoms with Gasteiger partial charge in [0.2, 0.25) is 5.95 Å². The van der Waals surface area contributed by atoms with Crippen LogP contribution in [0, 0.1) is 0 Å². The Morgan fingerprint density at radius 3 is 2.93 bits per heavy atom. The Morgan fingerprint density at radius 2 is 2.15 bits per heavy atom. The van der Waals surface area contributed by atoms with Gasteiger partial charge < -0.3 is 25.0 Å². The molecule has 0 radical (unpaired) electrons. The van der Waals surface area contributed by atoms with E-state index in [2.05, 4.69) is 42.3 Å². The van der Waals surface area contributed by atoms with Crippen LogP contribution in [-0.4, -0.2) is 57.9 Å². The van der Waals surface area contributed by atoms with Crippen molar-refractivity contribution in [1.29, 1.82) is 0 Å². The number of hydrogen-bond donors (Lipinski definition) is 3. The molecule has 0 amide bonds. The number of nitrogens with one attached hydrogen (secondary N) is 2. The third kappa shape index (κ3) is 3.66. The van der Waals surface area contributed by atoms with E-state index in [1.165, 1.54) is 11.9 Å². The summed E-state index contributed by atoms with van der Waals surface area (Å²) < 4.78 is 5.19. The number of aliphatic hydroxyl groups excluding tert-OH is 1. The van der Waals surface area contributed by atoms with E-state index in [4.69, 9.17) is 4.74 Å². The molecule has 1 aliphatic heterocycles. The minimum Gasteiger partial charge on any atom is -0.497 e. The number of ether oxygens (including phenoxy) is 1. The predicted molar refractivity (Wildman–Crippen MR) is 104 cm³/mol. The summed E-state index contributed by atoms with van der Waals surface area (Å²) in [5, 5.41) is 12.9. The van der Waals surface area contributed by atoms with E-state index < -0.39 is 0 Å². The van der Waals surface area contributed by atoms with Crippen LogP contribution in [0.3, 0.4) is 0 Å². The molecule has 0 aliphatic carbocycles. The Balaban J connectivity index is 1.46. The van der Waals surface area contributed by atoms with Crippen molar-refractivity contribution in [2.45, 2.75) is 25.3 Å². The Labute approximate surface area is 157 Å². The molecule has 2 aromatic heterocycles. The molecule has 3 N–H and O–H groups in total. The summed E-state index contributed by atoms with van der Waals surface area (Å²) in [6, 6.07) is 8.17. The van der Waals surface area contributed by atoms with Crippen molar-refractivity contribution in [2.24, 2.45) is 0 Å². The van der Waals surface area contributed by atoms with E-state index in [9.17, 15) is 5.11 Å². The molecule has 3 aromatic rings. The van der Waals surface area contributed by atoms with Crippen LogP contribution in [0.4, 0.5) is 11.8 Å². The molecule has 4 rings (SSSR count). The van der Waals surface area contributed by atoms with Gasteiger partial charge in [0.25, 0.3) is 0 Å². The highest BCUT2D eigenvalue weighted by molar-refractivity contribution is 5.84. The zero-order valence-electron chi connectivity index (χ0n) is 15.4. The molecule has 8 nitrogen and oxygen atoms in total. The van der Waals surface area contributed by atoms with Gasteiger partial charge in [0, 0.05) is 13.1 Å². The summed E-state index contributed by atoms with van der Waals surface area (Å²) in [6.45, 7) is 1.77. The zero-order valence-corrected chi connectivity index (χ0v) is 15.4. The summed E-state index contributed by atoms with van der Waals surface area (Å²) in [4.78, 5) is 18.7. The second kappa shape index (κ2) is 7.79. The number of aliphatic hydroxyl groups is 1. The summed E-state index contributed by atoms with van der Waals surface area (Å²) in [6.07, 6.45) is 4.43. The van der Waals surface area contributed by atoms with Crippen LogP contribution in [0.5, 0.6) is 5.75 Å². The Morgan fingerprint density at radius 1 is 1.30 bits per heavy atom. The number of H-pyrrole nitrogens is 1. The van der Waals surface area contributed by atoms with Crippen LogP contribution < -0.4 is 15.0 Å². The average Bonchev–Trinajstić information content (AvgIpc) is 3.35. The maximum absolute atomic E-state index is 9.55. The quantitative estimate of drug-likeness (QED) is 0.586. The first-order valence-corrected chi connectivity index (χ1v) is 9.23. The number of nitrogens with zero attached hydrogens (tertiary/aromatic N) is 4. The Kier molecular flexibility index (Phi) is 5.06. The third-order valence-electron chi connectivity index (χ3n) is 5.00. The Bertz CT molecular complexity index is 895. The zero-order chi connectivity index (χ0) is 18.6. The molecule has 1 fully saturated rings. The molecular weight excluding hydrogens is 344 g/mol. The van der Waals surface area contributed by atoms with Gasteiger partial charge in [-0.3, -0.25) is 0 Å². The van der Waals surface area contributed by atoms with Gasteiger partial charge in [-0.1, -0.05) is 12.1 Å². The number of aromatic amines is 1. The monoisotopic (exact) mass is 368 g/mol. The smallest absolute Gasteiger partial charge is 0.205 e. The normalized spacial score (nSPS) is 16.8. The van der Waals surface area contributed by atoms with Gasteiger partial charge in [0.1, 0.15) is 17.6 Å². The van der Waals surface area contributed by atoms with Gasteiger partial charge in [-0.2, -0.15) is 4.98 Å². The molecule has 0 spiro atoms. The first-order chi connectivity index (χ1) is 13.3. The van der Waals surface area contributed by atoms with E-state index in [0.29, 0.717) is 5.65 Å². The summed E-state index contributed by atoms with van der Waals surface area (Å²) in [5.74, 6) is 2.35. The van der Waals surface area contributed by atoms with Crippen LogP contribution in [0.15, 0.2) is 30.6 Å². The Hall–Kier alpha value is -2.87. The molecule has 1 unspecified atom stereocenters. The lowest BCUT2D eigenvalue weighted by Crippen LogP contribution is -2.32. The summed E-state index contributed by atoms with van der Waals surface area (Å²) in [5.41, 5.74) is 2.66. The van der Waals surface area contributed by atoms with Crippen LogP contribution >= 0.6 is 0 Å². The molecule has 3 heterocycles. The highest BCUT2D eigenvalue weighted by Gasteiger charge is 2.26. The van der Waals surface area contributed by atoms with Gasteiger partial charge >= 0.3 is 0 Å². The number of methoxy groups -OCH3 is 1. The van der Waals surface area contributed by atoms with Crippen LogP contribution in [-0.2, 0) is 6.42 Å². The van der Waals surface area contributed by atoms with Crippen molar-refractivity contribution < 1.29 is 9.84 Å². The van der Waals surface area contributed by atoms with Crippen LogP contribution in [0.25, 0.3) is 11.2 Å². The van der Waals surface area contributed by atoms with Crippen molar-refractivity contribution in [2.75, 3.05) is 37.0 Å². The van der Waals surface area contributed by atoms with Crippen molar-refractivity contribution in [3.8, 4) is 5.75 Å². The molecule has 1 aromatic carbocycles. The number of anilines is 2. The summed E-state index contributed by atoms with van der Waals surface area (Å²) >= 11 is 0. The predicted octanol–water partition coefficient (Wildman–Crippen LogP) is 1.98. The molecule has 0 saturated carbocycles. The van der Waals surface area contributed by atoms with Crippen molar-refractivity contribution in [3.05, 3.63) is 36.2 Å². The molecule has 0 bridgehead atoms. The van der Waals surface area contributed by atoms with Crippen molar-refractivity contribution in [3.63, 3.8) is 0 Å². The maximum atomic E-state index is 9.55. The second-order valence-corrected chi connectivity index (χ2v) is 6.68. The molecule has 1 aliphatic rings. The molecule has 8 heteroatoms. The highest BCUT2D eigenvalue weighted by Crippen LogP contribution is 2.26. The van der Waals surface area contributed by atoms with E-state index in [1.54, 1.807) is 7.11 Å². The lowest BCUT2D eigenvalue weighted by Gasteiger charge is -2.21. The minimum absolute atomic E-state index is 0.116. The molecular formula is C19H24N6O2. The van der Waals surface area contributed by atoms with Crippen LogP contribution in [0.2, 0.25) is 0 Å². The minimum atomic E-state index is 0.116. The first-order valence-electron chi connectivity index (χ1n) is 9.23.